The van der Waals surface area contributed by atoms with Gasteiger partial charge < -0.3 is 14.7 Å². The average molecular weight is 405 g/mol. The van der Waals surface area contributed by atoms with Crippen LogP contribution >= 0.6 is 0 Å². The summed E-state index contributed by atoms with van der Waals surface area (Å²) < 4.78 is 2.01. The standard InChI is InChI=1S/C23H28N6O/c1-18-7-2-3-9-20(18)26-13-15-27(16-14-26)22(30)19-8-6-11-28(17-19)23-25-24-21-10-4-5-12-29(21)23/h2-5,7,9-10,12,19H,6,8,11,13-17H2,1H3/t19-/m1/s1. The van der Waals surface area contributed by atoms with E-state index >= 15 is 0 Å². The van der Waals surface area contributed by atoms with Crippen molar-refractivity contribution in [3.8, 4) is 0 Å². The summed E-state index contributed by atoms with van der Waals surface area (Å²) in [6.07, 6.45) is 3.94. The van der Waals surface area contributed by atoms with Gasteiger partial charge in [0.15, 0.2) is 5.65 Å². The van der Waals surface area contributed by atoms with Crippen LogP contribution in [0.4, 0.5) is 11.6 Å². The molecule has 2 aliphatic rings. The van der Waals surface area contributed by atoms with E-state index in [2.05, 4.69) is 56.1 Å². The lowest BCUT2D eigenvalue weighted by molar-refractivity contribution is -0.136. The van der Waals surface area contributed by atoms with Crippen molar-refractivity contribution in [3.05, 3.63) is 54.2 Å². The summed E-state index contributed by atoms with van der Waals surface area (Å²) in [5, 5.41) is 8.65. The van der Waals surface area contributed by atoms with Gasteiger partial charge in [-0.2, -0.15) is 0 Å². The van der Waals surface area contributed by atoms with Crippen LogP contribution in [-0.4, -0.2) is 64.7 Å². The van der Waals surface area contributed by atoms with Gasteiger partial charge in [0.05, 0.1) is 5.92 Å². The molecule has 1 atom stereocenters. The predicted octanol–water partition coefficient (Wildman–Crippen LogP) is 2.60. The molecule has 0 bridgehead atoms. The third-order valence-electron chi connectivity index (χ3n) is 6.40. The molecule has 0 radical (unpaired) electrons. The molecule has 2 saturated heterocycles. The number of benzene rings is 1. The van der Waals surface area contributed by atoms with Gasteiger partial charge in [0.25, 0.3) is 0 Å². The van der Waals surface area contributed by atoms with Gasteiger partial charge in [0, 0.05) is 51.2 Å². The Labute approximate surface area is 176 Å². The van der Waals surface area contributed by atoms with Crippen LogP contribution in [0.2, 0.25) is 0 Å². The number of aromatic nitrogens is 3. The molecular weight excluding hydrogens is 376 g/mol. The Morgan fingerprint density at radius 2 is 1.73 bits per heavy atom. The molecule has 156 valence electrons. The Morgan fingerprint density at radius 1 is 0.933 bits per heavy atom. The minimum atomic E-state index is 0.0276. The Kier molecular flexibility index (Phi) is 5.02. The number of carbonyl (C=O) groups is 1. The van der Waals surface area contributed by atoms with Gasteiger partial charge in [-0.15, -0.1) is 10.2 Å². The first-order chi connectivity index (χ1) is 14.7. The lowest BCUT2D eigenvalue weighted by atomic mass is 9.96. The van der Waals surface area contributed by atoms with E-state index in [0.717, 1.165) is 57.2 Å². The molecule has 3 aromatic rings. The zero-order valence-corrected chi connectivity index (χ0v) is 17.4. The number of hydrogen-bond donors (Lipinski definition) is 0. The van der Waals surface area contributed by atoms with Crippen LogP contribution in [0, 0.1) is 12.8 Å². The molecule has 0 unspecified atom stereocenters. The van der Waals surface area contributed by atoms with Gasteiger partial charge in [0.2, 0.25) is 11.9 Å². The third-order valence-corrected chi connectivity index (χ3v) is 6.40. The smallest absolute Gasteiger partial charge is 0.231 e. The van der Waals surface area contributed by atoms with Crippen LogP contribution in [0.5, 0.6) is 0 Å². The molecule has 0 aliphatic carbocycles. The number of anilines is 2. The summed E-state index contributed by atoms with van der Waals surface area (Å²) in [6, 6.07) is 14.4. The Hall–Kier alpha value is -3.09. The summed E-state index contributed by atoms with van der Waals surface area (Å²) in [7, 11) is 0. The van der Waals surface area contributed by atoms with Crippen molar-refractivity contribution in [2.45, 2.75) is 19.8 Å². The number of para-hydroxylation sites is 1. The SMILES string of the molecule is Cc1ccccc1N1CCN(C(=O)[C@@H]2CCCN(c3nnc4ccccn34)C2)CC1. The Morgan fingerprint density at radius 3 is 2.57 bits per heavy atom. The highest BCUT2D eigenvalue weighted by molar-refractivity contribution is 5.80. The van der Waals surface area contributed by atoms with Crippen molar-refractivity contribution < 1.29 is 4.79 Å². The maximum absolute atomic E-state index is 13.3. The number of piperazine rings is 1. The van der Waals surface area contributed by atoms with E-state index in [1.54, 1.807) is 0 Å². The zero-order chi connectivity index (χ0) is 20.5. The predicted molar refractivity (Wildman–Crippen MR) is 118 cm³/mol. The van der Waals surface area contributed by atoms with E-state index < -0.39 is 0 Å². The number of aryl methyl sites for hydroxylation is 1. The fourth-order valence-electron chi connectivity index (χ4n) is 4.75. The van der Waals surface area contributed by atoms with Crippen molar-refractivity contribution >= 4 is 23.2 Å². The van der Waals surface area contributed by atoms with Crippen molar-refractivity contribution in [2.75, 3.05) is 49.1 Å². The minimum Gasteiger partial charge on any atom is -0.368 e. The quantitative estimate of drug-likeness (QED) is 0.672. The second-order valence-corrected chi connectivity index (χ2v) is 8.31. The van der Waals surface area contributed by atoms with E-state index in [1.807, 2.05) is 28.8 Å². The van der Waals surface area contributed by atoms with Gasteiger partial charge in [0.1, 0.15) is 0 Å². The molecule has 0 N–H and O–H groups in total. The summed E-state index contributed by atoms with van der Waals surface area (Å²) in [6.45, 7) is 7.14. The fraction of sp³-hybridized carbons (Fsp3) is 0.435. The van der Waals surface area contributed by atoms with Crippen molar-refractivity contribution in [1.29, 1.82) is 0 Å². The number of fused-ring (bicyclic) bond motifs is 1. The van der Waals surface area contributed by atoms with Gasteiger partial charge in [-0.25, -0.2) is 0 Å². The molecule has 7 nitrogen and oxygen atoms in total. The molecule has 2 fully saturated rings. The first kappa shape index (κ1) is 18.9. The normalized spacial score (nSPS) is 20.0. The zero-order valence-electron chi connectivity index (χ0n) is 17.4. The van der Waals surface area contributed by atoms with E-state index in [9.17, 15) is 4.79 Å². The van der Waals surface area contributed by atoms with E-state index in [1.165, 1.54) is 11.3 Å². The van der Waals surface area contributed by atoms with E-state index in [4.69, 9.17) is 0 Å². The fourth-order valence-corrected chi connectivity index (χ4v) is 4.75. The number of hydrogen-bond acceptors (Lipinski definition) is 5. The average Bonchev–Trinajstić information content (AvgIpc) is 3.23. The topological polar surface area (TPSA) is 57.0 Å². The lowest BCUT2D eigenvalue weighted by Crippen LogP contribution is -2.53. The molecule has 2 aliphatic heterocycles. The van der Waals surface area contributed by atoms with Crippen LogP contribution < -0.4 is 9.80 Å². The maximum atomic E-state index is 13.3. The molecular formula is C23H28N6O. The van der Waals surface area contributed by atoms with Crippen LogP contribution in [-0.2, 0) is 4.79 Å². The number of nitrogens with zero attached hydrogens (tertiary/aromatic N) is 6. The molecule has 0 saturated carbocycles. The second kappa shape index (κ2) is 7.97. The van der Waals surface area contributed by atoms with Crippen LogP contribution in [0.25, 0.3) is 5.65 Å². The van der Waals surface area contributed by atoms with Gasteiger partial charge in [-0.1, -0.05) is 24.3 Å². The molecule has 7 heteroatoms. The van der Waals surface area contributed by atoms with Gasteiger partial charge in [-0.05, 0) is 43.5 Å². The first-order valence-electron chi connectivity index (χ1n) is 10.8. The monoisotopic (exact) mass is 404 g/mol. The number of amides is 1. The molecule has 5 rings (SSSR count). The summed E-state index contributed by atoms with van der Waals surface area (Å²) in [5.41, 5.74) is 3.42. The lowest BCUT2D eigenvalue weighted by Gasteiger charge is -2.40. The van der Waals surface area contributed by atoms with E-state index in [0.29, 0.717) is 6.54 Å². The van der Waals surface area contributed by atoms with E-state index in [-0.39, 0.29) is 11.8 Å². The minimum absolute atomic E-state index is 0.0276. The summed E-state index contributed by atoms with van der Waals surface area (Å²) in [5.74, 6) is 1.16. The Balaban J connectivity index is 1.24. The second-order valence-electron chi connectivity index (χ2n) is 8.31. The third kappa shape index (κ3) is 3.49. The molecule has 0 spiro atoms. The highest BCUT2D eigenvalue weighted by Crippen LogP contribution is 2.25. The highest BCUT2D eigenvalue weighted by atomic mass is 16.2. The number of piperidine rings is 1. The van der Waals surface area contributed by atoms with Crippen molar-refractivity contribution in [2.24, 2.45) is 5.92 Å². The molecule has 30 heavy (non-hydrogen) atoms. The number of pyridine rings is 1. The number of rotatable bonds is 3. The van der Waals surface area contributed by atoms with Crippen LogP contribution in [0.1, 0.15) is 18.4 Å². The largest absolute Gasteiger partial charge is 0.368 e. The molecule has 4 heterocycles. The number of carbonyl (C=O) groups excluding carboxylic acids is 1. The van der Waals surface area contributed by atoms with Crippen LogP contribution in [0.3, 0.4) is 0 Å². The Bertz CT molecular complexity index is 1040. The highest BCUT2D eigenvalue weighted by Gasteiger charge is 2.32. The summed E-state index contributed by atoms with van der Waals surface area (Å²) in [4.78, 5) is 20.0. The molecule has 1 aromatic carbocycles. The summed E-state index contributed by atoms with van der Waals surface area (Å²) >= 11 is 0. The van der Waals surface area contributed by atoms with Crippen LogP contribution in [0.15, 0.2) is 48.7 Å². The first-order valence-corrected chi connectivity index (χ1v) is 10.8. The molecule has 1 amide bonds. The maximum Gasteiger partial charge on any atom is 0.231 e. The van der Waals surface area contributed by atoms with Crippen molar-refractivity contribution in [1.82, 2.24) is 19.5 Å². The van der Waals surface area contributed by atoms with Crippen molar-refractivity contribution in [3.63, 3.8) is 0 Å². The molecule has 2 aromatic heterocycles. The van der Waals surface area contributed by atoms with Gasteiger partial charge >= 0.3 is 0 Å². The van der Waals surface area contributed by atoms with Gasteiger partial charge in [-0.3, -0.25) is 9.20 Å².